The number of carboxylic acids is 1. The van der Waals surface area contributed by atoms with E-state index in [1.165, 1.54) is 0 Å². The van der Waals surface area contributed by atoms with Crippen molar-refractivity contribution in [3.05, 3.63) is 0 Å². The molecule has 0 spiro atoms. The fraction of sp³-hybridized carbons (Fsp3) is 0.875. The summed E-state index contributed by atoms with van der Waals surface area (Å²) in [6.45, 7) is 2.74. The fourth-order valence-corrected chi connectivity index (χ4v) is 1.65. The maximum Gasteiger partial charge on any atom is 0.321 e. The van der Waals surface area contributed by atoms with Gasteiger partial charge in [-0.3, -0.25) is 4.79 Å². The first kappa shape index (κ1) is 12.7. The zero-order chi connectivity index (χ0) is 10.3. The highest BCUT2D eigenvalue weighted by Crippen LogP contribution is 2.14. The SMILES string of the molecule is COCCC(C)SC[C@H](N)C(=O)O. The summed E-state index contributed by atoms with van der Waals surface area (Å²) in [5.74, 6) is -0.480. The average molecular weight is 207 g/mol. The first-order chi connectivity index (χ1) is 6.07. The maximum atomic E-state index is 10.4. The lowest BCUT2D eigenvalue weighted by Gasteiger charge is -2.12. The number of carboxylic acid groups (broad SMARTS) is 1. The molecule has 0 heterocycles. The number of methoxy groups -OCH3 is 1. The molecular formula is C8H17NO3S. The number of carbonyl (C=O) groups is 1. The minimum Gasteiger partial charge on any atom is -0.480 e. The van der Waals surface area contributed by atoms with Crippen molar-refractivity contribution in [1.29, 1.82) is 0 Å². The summed E-state index contributed by atoms with van der Waals surface area (Å²) in [5.41, 5.74) is 5.34. The molecule has 0 aromatic heterocycles. The predicted octanol–water partition coefficient (Wildman–Crippen LogP) is 0.556. The van der Waals surface area contributed by atoms with Crippen LogP contribution >= 0.6 is 11.8 Å². The summed E-state index contributed by atoms with van der Waals surface area (Å²) >= 11 is 1.57. The molecule has 0 aromatic rings. The van der Waals surface area contributed by atoms with Gasteiger partial charge in [-0.25, -0.2) is 0 Å². The first-order valence-corrected chi connectivity index (χ1v) is 5.21. The molecule has 0 aliphatic carbocycles. The van der Waals surface area contributed by atoms with Crippen LogP contribution in [-0.4, -0.2) is 41.8 Å². The van der Waals surface area contributed by atoms with Crippen LogP contribution in [0, 0.1) is 0 Å². The van der Waals surface area contributed by atoms with Crippen LogP contribution in [0.25, 0.3) is 0 Å². The number of nitrogens with two attached hydrogens (primary N) is 1. The van der Waals surface area contributed by atoms with E-state index in [0.29, 0.717) is 17.6 Å². The zero-order valence-corrected chi connectivity index (χ0v) is 8.84. The molecule has 1 unspecified atom stereocenters. The number of hydrogen-bond acceptors (Lipinski definition) is 4. The second kappa shape index (κ2) is 7.17. The Labute approximate surface area is 82.8 Å². The Bertz CT molecular complexity index is 154. The van der Waals surface area contributed by atoms with E-state index in [-0.39, 0.29) is 0 Å². The highest BCUT2D eigenvalue weighted by Gasteiger charge is 2.13. The summed E-state index contributed by atoms with van der Waals surface area (Å²) in [5, 5.41) is 8.90. The molecule has 0 aromatic carbocycles. The Morgan fingerprint density at radius 3 is 2.77 bits per heavy atom. The van der Waals surface area contributed by atoms with Crippen molar-refractivity contribution >= 4 is 17.7 Å². The van der Waals surface area contributed by atoms with Crippen LogP contribution in [0.1, 0.15) is 13.3 Å². The molecule has 0 radical (unpaired) electrons. The quantitative estimate of drug-likeness (QED) is 0.638. The topological polar surface area (TPSA) is 72.5 Å². The predicted molar refractivity (Wildman–Crippen MR) is 54.0 cm³/mol. The van der Waals surface area contributed by atoms with Crippen molar-refractivity contribution in [3.63, 3.8) is 0 Å². The number of ether oxygens (including phenoxy) is 1. The van der Waals surface area contributed by atoms with Crippen LogP contribution < -0.4 is 5.73 Å². The summed E-state index contributed by atoms with van der Waals surface area (Å²) in [4.78, 5) is 10.4. The molecule has 0 saturated carbocycles. The van der Waals surface area contributed by atoms with Crippen LogP contribution in [0.3, 0.4) is 0 Å². The number of hydrogen-bond donors (Lipinski definition) is 2. The Hall–Kier alpha value is -0.260. The molecule has 0 rings (SSSR count). The van der Waals surface area contributed by atoms with Gasteiger partial charge >= 0.3 is 5.97 Å². The summed E-state index contributed by atoms with van der Waals surface area (Å²) in [7, 11) is 1.65. The average Bonchev–Trinajstić information content (AvgIpc) is 2.10. The number of thioether (sulfide) groups is 1. The third-order valence-electron chi connectivity index (χ3n) is 1.61. The maximum absolute atomic E-state index is 10.4. The van der Waals surface area contributed by atoms with Gasteiger partial charge in [-0.05, 0) is 6.42 Å². The van der Waals surface area contributed by atoms with Gasteiger partial charge in [0.15, 0.2) is 0 Å². The van der Waals surface area contributed by atoms with Crippen molar-refractivity contribution in [3.8, 4) is 0 Å². The van der Waals surface area contributed by atoms with Crippen molar-refractivity contribution in [2.24, 2.45) is 5.73 Å². The van der Waals surface area contributed by atoms with Gasteiger partial charge in [0.2, 0.25) is 0 Å². The molecule has 78 valence electrons. The van der Waals surface area contributed by atoms with E-state index < -0.39 is 12.0 Å². The number of aliphatic carboxylic acids is 1. The Kier molecular flexibility index (Phi) is 7.03. The third-order valence-corrected chi connectivity index (χ3v) is 2.96. The molecule has 0 amide bonds. The smallest absolute Gasteiger partial charge is 0.321 e. The summed E-state index contributed by atoms with van der Waals surface area (Å²) in [6.07, 6.45) is 0.924. The van der Waals surface area contributed by atoms with Gasteiger partial charge in [-0.1, -0.05) is 6.92 Å². The first-order valence-electron chi connectivity index (χ1n) is 4.16. The van der Waals surface area contributed by atoms with Gasteiger partial charge in [-0.2, -0.15) is 11.8 Å². The standard InChI is InChI=1S/C8H17NO3S/c1-6(3-4-12-2)13-5-7(9)8(10)11/h6-7H,3-5,9H2,1-2H3,(H,10,11)/t6?,7-/m0/s1. The van der Waals surface area contributed by atoms with E-state index in [4.69, 9.17) is 15.6 Å². The second-order valence-corrected chi connectivity index (χ2v) is 4.34. The van der Waals surface area contributed by atoms with Crippen LogP contribution in [0.4, 0.5) is 0 Å². The largest absolute Gasteiger partial charge is 0.480 e. The molecule has 2 atom stereocenters. The Balaban J connectivity index is 3.45. The van der Waals surface area contributed by atoms with Crippen LogP contribution in [0.5, 0.6) is 0 Å². The van der Waals surface area contributed by atoms with Crippen molar-refractivity contribution < 1.29 is 14.6 Å². The Morgan fingerprint density at radius 2 is 2.31 bits per heavy atom. The third kappa shape index (κ3) is 6.86. The monoisotopic (exact) mass is 207 g/mol. The Morgan fingerprint density at radius 1 is 1.69 bits per heavy atom. The van der Waals surface area contributed by atoms with Gasteiger partial charge in [0, 0.05) is 24.7 Å². The zero-order valence-electron chi connectivity index (χ0n) is 8.03. The van der Waals surface area contributed by atoms with Gasteiger partial charge in [0.25, 0.3) is 0 Å². The van der Waals surface area contributed by atoms with E-state index >= 15 is 0 Å². The van der Waals surface area contributed by atoms with E-state index in [9.17, 15) is 4.79 Å². The fourth-order valence-electron chi connectivity index (χ4n) is 0.706. The molecule has 0 fully saturated rings. The molecular weight excluding hydrogens is 190 g/mol. The van der Waals surface area contributed by atoms with E-state index in [2.05, 4.69) is 0 Å². The van der Waals surface area contributed by atoms with Crippen molar-refractivity contribution in [1.82, 2.24) is 0 Å². The highest BCUT2D eigenvalue weighted by atomic mass is 32.2. The van der Waals surface area contributed by atoms with Crippen LogP contribution in [0.2, 0.25) is 0 Å². The van der Waals surface area contributed by atoms with Crippen molar-refractivity contribution in [2.45, 2.75) is 24.6 Å². The molecule has 0 aliphatic heterocycles. The molecule has 4 nitrogen and oxygen atoms in total. The number of rotatable bonds is 7. The lowest BCUT2D eigenvalue weighted by atomic mass is 10.3. The van der Waals surface area contributed by atoms with Gasteiger partial charge in [0.1, 0.15) is 6.04 Å². The summed E-state index contributed by atoms with van der Waals surface area (Å²) in [6, 6.07) is -0.755. The molecule has 5 heteroatoms. The van der Waals surface area contributed by atoms with Gasteiger partial charge in [-0.15, -0.1) is 0 Å². The molecule has 0 aliphatic rings. The van der Waals surface area contributed by atoms with E-state index in [1.54, 1.807) is 18.9 Å². The lowest BCUT2D eigenvalue weighted by Crippen LogP contribution is -2.33. The van der Waals surface area contributed by atoms with E-state index in [1.807, 2.05) is 6.92 Å². The second-order valence-electron chi connectivity index (χ2n) is 2.87. The lowest BCUT2D eigenvalue weighted by molar-refractivity contribution is -0.137. The van der Waals surface area contributed by atoms with E-state index in [0.717, 1.165) is 6.42 Å². The normalized spacial score (nSPS) is 15.3. The van der Waals surface area contributed by atoms with Gasteiger partial charge < -0.3 is 15.6 Å². The molecule has 0 bridgehead atoms. The van der Waals surface area contributed by atoms with Crippen molar-refractivity contribution in [2.75, 3.05) is 19.5 Å². The minimum absolute atomic E-state index is 0.394. The van der Waals surface area contributed by atoms with Gasteiger partial charge in [0.05, 0.1) is 0 Å². The molecule has 3 N–H and O–H groups in total. The summed E-state index contributed by atoms with van der Waals surface area (Å²) < 4.78 is 4.91. The molecule has 0 saturated heterocycles. The minimum atomic E-state index is -0.938. The highest BCUT2D eigenvalue weighted by molar-refractivity contribution is 7.99. The molecule has 13 heavy (non-hydrogen) atoms. The van der Waals surface area contributed by atoms with Crippen LogP contribution in [-0.2, 0) is 9.53 Å². The van der Waals surface area contributed by atoms with Crippen LogP contribution in [0.15, 0.2) is 0 Å².